The van der Waals surface area contributed by atoms with Gasteiger partial charge < -0.3 is 0 Å². The Bertz CT molecular complexity index is 803. The molecule has 0 saturated carbocycles. The number of hydrogen-bond acceptors (Lipinski definition) is 3. The predicted molar refractivity (Wildman–Crippen MR) is 96.7 cm³/mol. The van der Waals surface area contributed by atoms with Crippen molar-refractivity contribution < 1.29 is 14.2 Å². The molecule has 2 aromatic carbocycles. The molecule has 6 heteroatoms. The Morgan fingerprint density at radius 2 is 1.88 bits per heavy atom. The number of carbonyl (C=O) groups excluding carboxylic acids is 1. The molecule has 1 aliphatic rings. The van der Waals surface area contributed by atoms with Crippen LogP contribution in [0.15, 0.2) is 47.4 Å². The molecule has 0 aromatic heterocycles. The summed E-state index contributed by atoms with van der Waals surface area (Å²) in [6.07, 6.45) is 0.720. The first-order valence-corrected chi connectivity index (χ1v) is 9.43. The second kappa shape index (κ2) is 7.47. The Hall–Kier alpha value is -2.02. The minimum Gasteiger partial charge on any atom is -0.288 e. The van der Waals surface area contributed by atoms with E-state index in [0.717, 1.165) is 22.4 Å². The number of rotatable bonds is 4. The molecule has 25 heavy (non-hydrogen) atoms. The Balaban J connectivity index is 1.75. The lowest BCUT2D eigenvalue weighted by atomic mass is 9.98. The van der Waals surface area contributed by atoms with E-state index in [0.29, 0.717) is 24.6 Å². The molecule has 132 valence electrons. The van der Waals surface area contributed by atoms with Crippen LogP contribution in [0.3, 0.4) is 0 Å². The van der Waals surface area contributed by atoms with E-state index >= 15 is 0 Å². The predicted octanol–water partition coefficient (Wildman–Crippen LogP) is 3.01. The number of benzene rings is 2. The van der Waals surface area contributed by atoms with Gasteiger partial charge in [-0.25, -0.2) is 14.0 Å². The summed E-state index contributed by atoms with van der Waals surface area (Å²) in [4.78, 5) is 12.3. The highest BCUT2D eigenvalue weighted by Crippen LogP contribution is 2.24. The lowest BCUT2D eigenvalue weighted by molar-refractivity contribution is 0.0706. The minimum atomic E-state index is -1.20. The zero-order valence-corrected chi connectivity index (χ0v) is 15.2. The molecule has 1 heterocycles. The van der Waals surface area contributed by atoms with E-state index in [-0.39, 0.29) is 0 Å². The maximum atomic E-state index is 12.9. The van der Waals surface area contributed by atoms with Gasteiger partial charge in [0.05, 0.1) is 4.90 Å². The lowest BCUT2D eigenvalue weighted by Gasteiger charge is -2.28. The zero-order valence-electron chi connectivity index (χ0n) is 14.4. The third kappa shape index (κ3) is 3.81. The first-order chi connectivity index (χ1) is 12.0. The van der Waals surface area contributed by atoms with Crippen molar-refractivity contribution in [2.45, 2.75) is 37.6 Å². The molecule has 2 N–H and O–H groups in total. The standard InChI is InChI=1S/C19H22N2O3S/c1-13(2)14-5-7-18(8-6-14)25(24)21-10-9-15-11-16(19(22)20-23)3-4-17(15)12-21/h3-8,11,13,23H,9-10,12H2,1-2H3,(H,20,22). The largest absolute Gasteiger partial charge is 0.288 e. The third-order valence-corrected chi connectivity index (χ3v) is 5.99. The van der Waals surface area contributed by atoms with Gasteiger partial charge in [-0.05, 0) is 53.3 Å². The lowest BCUT2D eigenvalue weighted by Crippen LogP contribution is -2.32. The number of hydrogen-bond donors (Lipinski definition) is 2. The van der Waals surface area contributed by atoms with E-state index in [4.69, 9.17) is 5.21 Å². The van der Waals surface area contributed by atoms with E-state index in [9.17, 15) is 9.00 Å². The fourth-order valence-corrected chi connectivity index (χ4v) is 4.17. The first kappa shape index (κ1) is 17.8. The second-order valence-corrected chi connectivity index (χ2v) is 8.00. The monoisotopic (exact) mass is 358 g/mol. The molecule has 1 amide bonds. The van der Waals surface area contributed by atoms with Gasteiger partial charge in [-0.2, -0.15) is 0 Å². The van der Waals surface area contributed by atoms with E-state index in [1.807, 2.05) is 34.6 Å². The average Bonchev–Trinajstić information content (AvgIpc) is 2.66. The molecule has 0 bridgehead atoms. The van der Waals surface area contributed by atoms with Crippen molar-refractivity contribution in [1.82, 2.24) is 9.79 Å². The van der Waals surface area contributed by atoms with E-state index in [1.54, 1.807) is 17.6 Å². The molecule has 0 radical (unpaired) electrons. The van der Waals surface area contributed by atoms with Crippen LogP contribution in [-0.2, 0) is 24.0 Å². The molecular formula is C19H22N2O3S. The van der Waals surface area contributed by atoms with E-state index < -0.39 is 16.9 Å². The Morgan fingerprint density at radius 1 is 1.16 bits per heavy atom. The highest BCUT2D eigenvalue weighted by Gasteiger charge is 2.22. The van der Waals surface area contributed by atoms with Crippen LogP contribution < -0.4 is 5.48 Å². The van der Waals surface area contributed by atoms with Gasteiger partial charge in [0.25, 0.3) is 5.91 Å². The van der Waals surface area contributed by atoms with Crippen LogP contribution in [0, 0.1) is 0 Å². The maximum Gasteiger partial charge on any atom is 0.274 e. The number of nitrogens with zero attached hydrogens (tertiary/aromatic N) is 1. The Labute approximate surface area is 150 Å². The van der Waals surface area contributed by atoms with Gasteiger partial charge in [0.15, 0.2) is 0 Å². The maximum absolute atomic E-state index is 12.9. The van der Waals surface area contributed by atoms with Crippen LogP contribution in [0.5, 0.6) is 0 Å². The van der Waals surface area contributed by atoms with Gasteiger partial charge in [0.1, 0.15) is 11.0 Å². The number of hydroxylamine groups is 1. The van der Waals surface area contributed by atoms with E-state index in [2.05, 4.69) is 13.8 Å². The summed E-state index contributed by atoms with van der Waals surface area (Å²) in [6, 6.07) is 13.3. The number of amides is 1. The molecule has 0 fully saturated rings. The van der Waals surface area contributed by atoms with Crippen LogP contribution in [0.4, 0.5) is 0 Å². The van der Waals surface area contributed by atoms with E-state index in [1.165, 1.54) is 5.56 Å². The van der Waals surface area contributed by atoms with Gasteiger partial charge in [0, 0.05) is 18.7 Å². The van der Waals surface area contributed by atoms with Crippen molar-refractivity contribution in [2.75, 3.05) is 6.54 Å². The van der Waals surface area contributed by atoms with Crippen LogP contribution >= 0.6 is 0 Å². The van der Waals surface area contributed by atoms with Crippen molar-refractivity contribution >= 4 is 16.9 Å². The minimum absolute atomic E-state index is 0.431. The molecule has 1 aliphatic heterocycles. The van der Waals surface area contributed by atoms with Crippen molar-refractivity contribution in [1.29, 1.82) is 0 Å². The van der Waals surface area contributed by atoms with Crippen LogP contribution in [0.25, 0.3) is 0 Å². The van der Waals surface area contributed by atoms with Crippen LogP contribution in [0.1, 0.15) is 46.8 Å². The summed E-state index contributed by atoms with van der Waals surface area (Å²) in [6.45, 7) is 5.52. The molecule has 3 rings (SSSR count). The normalized spacial score (nSPS) is 15.7. The number of nitrogens with one attached hydrogen (secondary N) is 1. The summed E-state index contributed by atoms with van der Waals surface area (Å²) in [5, 5.41) is 8.74. The van der Waals surface area contributed by atoms with Crippen molar-refractivity contribution in [3.8, 4) is 0 Å². The van der Waals surface area contributed by atoms with Crippen molar-refractivity contribution in [3.63, 3.8) is 0 Å². The quantitative estimate of drug-likeness (QED) is 0.652. The summed E-state index contributed by atoms with van der Waals surface area (Å²) in [5.41, 5.74) is 5.44. The van der Waals surface area contributed by atoms with Gasteiger partial charge in [-0.15, -0.1) is 0 Å². The summed E-state index contributed by atoms with van der Waals surface area (Å²) < 4.78 is 14.8. The third-order valence-electron chi connectivity index (χ3n) is 4.53. The zero-order chi connectivity index (χ0) is 18.0. The molecule has 0 spiro atoms. The van der Waals surface area contributed by atoms with Gasteiger partial charge in [-0.3, -0.25) is 10.0 Å². The molecule has 2 aromatic rings. The summed E-state index contributed by atoms with van der Waals surface area (Å²) in [7, 11) is -1.20. The fourth-order valence-electron chi connectivity index (χ4n) is 2.99. The SMILES string of the molecule is CC(C)c1ccc(S(=O)N2CCc3cc(C(=O)NO)ccc3C2)cc1. The smallest absolute Gasteiger partial charge is 0.274 e. The molecule has 0 aliphatic carbocycles. The van der Waals surface area contributed by atoms with Gasteiger partial charge >= 0.3 is 0 Å². The fraction of sp³-hybridized carbons (Fsp3) is 0.316. The van der Waals surface area contributed by atoms with Crippen molar-refractivity contribution in [3.05, 3.63) is 64.7 Å². The molecule has 5 nitrogen and oxygen atoms in total. The number of fused-ring (bicyclic) bond motifs is 1. The Morgan fingerprint density at radius 3 is 2.52 bits per heavy atom. The summed E-state index contributed by atoms with van der Waals surface area (Å²) in [5.74, 6) is -0.0614. The second-order valence-electron chi connectivity index (χ2n) is 6.51. The van der Waals surface area contributed by atoms with Crippen LogP contribution in [-0.4, -0.2) is 26.2 Å². The van der Waals surface area contributed by atoms with Crippen molar-refractivity contribution in [2.24, 2.45) is 0 Å². The summed E-state index contributed by atoms with van der Waals surface area (Å²) >= 11 is 0. The molecule has 1 atom stereocenters. The first-order valence-electron chi connectivity index (χ1n) is 8.32. The Kier molecular flexibility index (Phi) is 5.32. The molecule has 1 unspecified atom stereocenters. The average molecular weight is 358 g/mol. The molecular weight excluding hydrogens is 336 g/mol. The number of carbonyl (C=O) groups is 1. The van der Waals surface area contributed by atoms with Gasteiger partial charge in [-0.1, -0.05) is 32.0 Å². The highest BCUT2D eigenvalue weighted by atomic mass is 32.2. The molecule has 0 saturated heterocycles. The highest BCUT2D eigenvalue weighted by molar-refractivity contribution is 7.82. The topological polar surface area (TPSA) is 69.6 Å². The van der Waals surface area contributed by atoms with Crippen LogP contribution in [0.2, 0.25) is 0 Å². The van der Waals surface area contributed by atoms with Gasteiger partial charge in [0.2, 0.25) is 0 Å².